The monoisotopic (exact) mass is 418 g/mol. The molecule has 2 aromatic heterocycles. The lowest BCUT2D eigenvalue weighted by atomic mass is 10.1. The summed E-state index contributed by atoms with van der Waals surface area (Å²) in [7, 11) is 0. The molecule has 0 unspecified atom stereocenters. The zero-order chi connectivity index (χ0) is 20.8. The van der Waals surface area contributed by atoms with Crippen molar-refractivity contribution >= 4 is 35.0 Å². The molecule has 2 heterocycles. The first-order valence-corrected chi connectivity index (χ1v) is 10.2. The summed E-state index contributed by atoms with van der Waals surface area (Å²) in [6.45, 7) is 0.408. The lowest BCUT2D eigenvalue weighted by molar-refractivity contribution is -0.113. The van der Waals surface area contributed by atoms with Crippen molar-refractivity contribution in [2.75, 3.05) is 11.1 Å². The van der Waals surface area contributed by atoms with Crippen LogP contribution in [0.4, 0.5) is 5.69 Å². The van der Waals surface area contributed by atoms with Crippen molar-refractivity contribution < 1.29 is 9.59 Å². The van der Waals surface area contributed by atoms with Gasteiger partial charge in [-0.15, -0.1) is 5.10 Å². The molecular weight excluding hydrogens is 400 g/mol. The van der Waals surface area contributed by atoms with Crippen LogP contribution < -0.4 is 10.6 Å². The molecule has 4 rings (SSSR count). The fraction of sp³-hybridized carbons (Fsp3) is 0.0952. The van der Waals surface area contributed by atoms with Crippen LogP contribution in [0.15, 0.2) is 78.2 Å². The number of fused-ring (bicyclic) bond motifs is 1. The van der Waals surface area contributed by atoms with Gasteiger partial charge in [-0.05, 0) is 23.8 Å². The Bertz CT molecular complexity index is 1150. The van der Waals surface area contributed by atoms with Gasteiger partial charge in [0, 0.05) is 18.9 Å². The third-order valence-electron chi connectivity index (χ3n) is 4.17. The zero-order valence-electron chi connectivity index (χ0n) is 15.9. The number of nitrogens with one attached hydrogen (secondary N) is 2. The highest BCUT2D eigenvalue weighted by atomic mass is 32.2. The van der Waals surface area contributed by atoms with Crippen molar-refractivity contribution in [3.05, 3.63) is 84.2 Å². The molecule has 150 valence electrons. The normalized spacial score (nSPS) is 10.7. The van der Waals surface area contributed by atoms with Crippen molar-refractivity contribution in [3.63, 3.8) is 0 Å². The van der Waals surface area contributed by atoms with E-state index in [-0.39, 0.29) is 17.6 Å². The molecule has 0 radical (unpaired) electrons. The molecule has 2 aromatic carbocycles. The molecule has 0 atom stereocenters. The number of aromatic nitrogens is 4. The van der Waals surface area contributed by atoms with Crippen molar-refractivity contribution in [1.82, 2.24) is 24.9 Å². The summed E-state index contributed by atoms with van der Waals surface area (Å²) >= 11 is 1.20. The maximum atomic E-state index is 12.6. The summed E-state index contributed by atoms with van der Waals surface area (Å²) in [6, 6.07) is 18.3. The van der Waals surface area contributed by atoms with E-state index in [1.807, 2.05) is 30.3 Å². The Morgan fingerprint density at radius 1 is 1.00 bits per heavy atom. The first-order valence-electron chi connectivity index (χ1n) is 9.20. The van der Waals surface area contributed by atoms with Gasteiger partial charge in [0.2, 0.25) is 11.1 Å². The fourth-order valence-electron chi connectivity index (χ4n) is 2.75. The molecule has 0 bridgehead atoms. The van der Waals surface area contributed by atoms with Crippen LogP contribution in [0.25, 0.3) is 5.78 Å². The number of nitrogens with zero attached hydrogens (tertiary/aromatic N) is 4. The van der Waals surface area contributed by atoms with Crippen molar-refractivity contribution in [3.8, 4) is 0 Å². The molecule has 8 nitrogen and oxygen atoms in total. The van der Waals surface area contributed by atoms with E-state index < -0.39 is 0 Å². The van der Waals surface area contributed by atoms with Crippen LogP contribution in [0.1, 0.15) is 15.9 Å². The highest BCUT2D eigenvalue weighted by molar-refractivity contribution is 7.99. The van der Waals surface area contributed by atoms with E-state index in [1.54, 1.807) is 47.2 Å². The summed E-state index contributed by atoms with van der Waals surface area (Å²) in [5.74, 6) is 0.0723. The van der Waals surface area contributed by atoms with E-state index in [0.29, 0.717) is 28.7 Å². The van der Waals surface area contributed by atoms with Crippen LogP contribution in [-0.2, 0) is 11.3 Å². The van der Waals surface area contributed by atoms with Crippen molar-refractivity contribution in [2.24, 2.45) is 0 Å². The third kappa shape index (κ3) is 4.81. The number of para-hydroxylation sites is 1. The van der Waals surface area contributed by atoms with E-state index in [1.165, 1.54) is 11.8 Å². The molecule has 0 aliphatic rings. The number of carbonyl (C=O) groups excluding carboxylic acids is 2. The van der Waals surface area contributed by atoms with E-state index in [0.717, 1.165) is 5.56 Å². The molecule has 0 saturated heterocycles. The Labute approximate surface area is 176 Å². The molecule has 2 N–H and O–H groups in total. The van der Waals surface area contributed by atoms with Gasteiger partial charge in [-0.2, -0.15) is 4.98 Å². The Balaban J connectivity index is 1.36. The number of rotatable bonds is 7. The number of carbonyl (C=O) groups is 2. The van der Waals surface area contributed by atoms with Crippen molar-refractivity contribution in [1.29, 1.82) is 0 Å². The smallest absolute Gasteiger partial charge is 0.253 e. The molecule has 0 spiro atoms. The molecule has 4 aromatic rings. The van der Waals surface area contributed by atoms with E-state index in [2.05, 4.69) is 25.7 Å². The number of hydrogen-bond acceptors (Lipinski definition) is 6. The molecule has 2 amide bonds. The van der Waals surface area contributed by atoms with Crippen LogP contribution in [-0.4, -0.2) is 37.1 Å². The van der Waals surface area contributed by atoms with Gasteiger partial charge in [0.25, 0.3) is 11.7 Å². The number of thioether (sulfide) groups is 1. The maximum absolute atomic E-state index is 12.6. The average molecular weight is 418 g/mol. The van der Waals surface area contributed by atoms with Crippen LogP contribution in [0.5, 0.6) is 0 Å². The lowest BCUT2D eigenvalue weighted by Crippen LogP contribution is -2.25. The predicted molar refractivity (Wildman–Crippen MR) is 114 cm³/mol. The molecule has 0 saturated carbocycles. The minimum absolute atomic E-state index is 0.108. The molecule has 30 heavy (non-hydrogen) atoms. The first-order chi connectivity index (χ1) is 14.7. The van der Waals surface area contributed by atoms with Gasteiger partial charge < -0.3 is 10.6 Å². The van der Waals surface area contributed by atoms with E-state index >= 15 is 0 Å². The van der Waals surface area contributed by atoms with Gasteiger partial charge in [-0.25, -0.2) is 9.50 Å². The number of hydrogen-bond donors (Lipinski definition) is 2. The van der Waals surface area contributed by atoms with Crippen LogP contribution in [0.2, 0.25) is 0 Å². The van der Waals surface area contributed by atoms with Gasteiger partial charge in [-0.1, -0.05) is 54.2 Å². The van der Waals surface area contributed by atoms with Crippen LogP contribution in [0, 0.1) is 0 Å². The SMILES string of the molecule is O=C(CSc1nc2ncccn2n1)Nc1ccccc1C(=O)NCc1ccccc1. The Morgan fingerprint density at radius 2 is 1.80 bits per heavy atom. The zero-order valence-corrected chi connectivity index (χ0v) is 16.7. The Kier molecular flexibility index (Phi) is 6.00. The molecule has 0 aliphatic carbocycles. The Hall–Kier alpha value is -3.72. The van der Waals surface area contributed by atoms with Crippen LogP contribution in [0.3, 0.4) is 0 Å². The van der Waals surface area contributed by atoms with Gasteiger partial charge in [0.15, 0.2) is 0 Å². The van der Waals surface area contributed by atoms with Crippen LogP contribution >= 0.6 is 11.8 Å². The minimum atomic E-state index is -0.255. The molecule has 9 heteroatoms. The fourth-order valence-corrected chi connectivity index (χ4v) is 3.38. The molecule has 0 fully saturated rings. The highest BCUT2D eigenvalue weighted by Gasteiger charge is 2.14. The van der Waals surface area contributed by atoms with Crippen molar-refractivity contribution in [2.45, 2.75) is 11.7 Å². The maximum Gasteiger partial charge on any atom is 0.253 e. The second-order valence-electron chi connectivity index (χ2n) is 6.31. The largest absolute Gasteiger partial charge is 0.348 e. The topological polar surface area (TPSA) is 101 Å². The minimum Gasteiger partial charge on any atom is -0.348 e. The summed E-state index contributed by atoms with van der Waals surface area (Å²) in [5.41, 5.74) is 1.86. The second-order valence-corrected chi connectivity index (χ2v) is 7.25. The quantitative estimate of drug-likeness (QED) is 0.448. The van der Waals surface area contributed by atoms with E-state index in [4.69, 9.17) is 0 Å². The average Bonchev–Trinajstić information content (AvgIpc) is 3.20. The Morgan fingerprint density at radius 3 is 2.63 bits per heavy atom. The number of anilines is 1. The molecular formula is C21H18N6O2S. The first kappa shape index (κ1) is 19.6. The van der Waals surface area contributed by atoms with Gasteiger partial charge in [-0.3, -0.25) is 9.59 Å². The summed E-state index contributed by atoms with van der Waals surface area (Å²) in [6.07, 6.45) is 3.37. The summed E-state index contributed by atoms with van der Waals surface area (Å²) in [5, 5.41) is 10.4. The molecule has 0 aliphatic heterocycles. The summed E-state index contributed by atoms with van der Waals surface area (Å²) < 4.78 is 1.55. The number of amides is 2. The van der Waals surface area contributed by atoms with Gasteiger partial charge in [0.05, 0.1) is 17.0 Å². The third-order valence-corrected chi connectivity index (χ3v) is 5.01. The van der Waals surface area contributed by atoms with Gasteiger partial charge in [0.1, 0.15) is 0 Å². The predicted octanol–water partition coefficient (Wildman–Crippen LogP) is 2.79. The van der Waals surface area contributed by atoms with E-state index in [9.17, 15) is 9.59 Å². The highest BCUT2D eigenvalue weighted by Crippen LogP contribution is 2.18. The standard InChI is InChI=1S/C21H18N6O2S/c28-18(14-30-21-25-20-22-11-6-12-27(20)26-21)24-17-10-5-4-9-16(17)19(29)23-13-15-7-2-1-3-8-15/h1-12H,13-14H2,(H,23,29)(H,24,28). The lowest BCUT2D eigenvalue weighted by Gasteiger charge is -2.11. The van der Waals surface area contributed by atoms with Gasteiger partial charge >= 0.3 is 0 Å². The number of benzene rings is 2. The summed E-state index contributed by atoms with van der Waals surface area (Å²) in [4.78, 5) is 33.4. The second kappa shape index (κ2) is 9.19.